The second-order valence-electron chi connectivity index (χ2n) is 5.69. The first-order valence-electron chi connectivity index (χ1n) is 7.61. The molecule has 0 spiro atoms. The number of piperidine rings is 1. The van der Waals surface area contributed by atoms with E-state index in [4.69, 9.17) is 4.74 Å². The van der Waals surface area contributed by atoms with Crippen LogP contribution in [0.5, 0.6) is 0 Å². The Hall–Kier alpha value is -2.25. The number of hydrogen-bond donors (Lipinski definition) is 1. The van der Waals surface area contributed by atoms with Gasteiger partial charge >= 0.3 is 5.97 Å². The Morgan fingerprint density at radius 3 is 2.83 bits per heavy atom. The van der Waals surface area contributed by atoms with Gasteiger partial charge in [0.15, 0.2) is 0 Å². The fraction of sp³-hybridized carbons (Fsp3) is 0.438. The topological polar surface area (TPSA) is 80.5 Å². The number of esters is 1. The average Bonchev–Trinajstić information content (AvgIpc) is 3.11. The largest absolute Gasteiger partial charge is 0.468 e. The fourth-order valence-corrected chi connectivity index (χ4v) is 2.90. The Morgan fingerprint density at radius 2 is 2.17 bits per heavy atom. The van der Waals surface area contributed by atoms with Gasteiger partial charge < -0.3 is 9.84 Å². The molecule has 1 aliphatic heterocycles. The minimum atomic E-state index is -0.440. The van der Waals surface area contributed by atoms with Gasteiger partial charge in [-0.3, -0.25) is 9.69 Å². The summed E-state index contributed by atoms with van der Waals surface area (Å²) in [5, 5.41) is 13.9. The maximum absolute atomic E-state index is 11.9. The van der Waals surface area contributed by atoms with Crippen molar-refractivity contribution in [2.75, 3.05) is 13.7 Å². The monoisotopic (exact) mass is 316 g/mol. The van der Waals surface area contributed by atoms with E-state index in [0.29, 0.717) is 25.9 Å². The molecule has 3 rings (SSSR count). The molecular weight excluding hydrogens is 296 g/mol. The first-order chi connectivity index (χ1) is 11.2. The zero-order valence-corrected chi connectivity index (χ0v) is 13.0. The molecule has 1 N–H and O–H groups in total. The van der Waals surface area contributed by atoms with Gasteiger partial charge in [0.25, 0.3) is 0 Å². The number of aliphatic hydroxyl groups excluding tert-OH is 1. The number of nitrogens with zero attached hydrogens (tertiary/aromatic N) is 4. The fourth-order valence-electron chi connectivity index (χ4n) is 2.90. The first-order valence-corrected chi connectivity index (χ1v) is 7.61. The maximum atomic E-state index is 11.9. The Morgan fingerprint density at radius 1 is 1.39 bits per heavy atom. The van der Waals surface area contributed by atoms with Crippen LogP contribution in [0.25, 0.3) is 5.69 Å². The molecule has 1 fully saturated rings. The number of methoxy groups -OCH3 is 1. The highest BCUT2D eigenvalue weighted by Gasteiger charge is 2.33. The van der Waals surface area contributed by atoms with E-state index in [9.17, 15) is 9.90 Å². The van der Waals surface area contributed by atoms with Crippen LogP contribution in [0.3, 0.4) is 0 Å². The number of benzene rings is 1. The molecule has 2 heterocycles. The molecule has 2 aromatic rings. The molecule has 0 amide bonds. The predicted octanol–water partition coefficient (Wildman–Crippen LogP) is 0.766. The first kappa shape index (κ1) is 15.6. The summed E-state index contributed by atoms with van der Waals surface area (Å²) in [6.07, 6.45) is 3.79. The molecule has 23 heavy (non-hydrogen) atoms. The van der Waals surface area contributed by atoms with Crippen molar-refractivity contribution in [2.24, 2.45) is 0 Å². The van der Waals surface area contributed by atoms with Gasteiger partial charge in [0.1, 0.15) is 18.7 Å². The van der Waals surface area contributed by atoms with Crippen LogP contribution in [0.2, 0.25) is 0 Å². The van der Waals surface area contributed by atoms with Crippen molar-refractivity contribution in [3.8, 4) is 5.69 Å². The van der Waals surface area contributed by atoms with Crippen LogP contribution in [0.1, 0.15) is 18.4 Å². The van der Waals surface area contributed by atoms with Crippen molar-refractivity contribution in [3.63, 3.8) is 0 Å². The summed E-state index contributed by atoms with van der Waals surface area (Å²) >= 11 is 0. The molecule has 0 saturated carbocycles. The summed E-state index contributed by atoms with van der Waals surface area (Å²) < 4.78 is 6.56. The van der Waals surface area contributed by atoms with E-state index < -0.39 is 12.1 Å². The number of carbonyl (C=O) groups is 1. The van der Waals surface area contributed by atoms with Crippen molar-refractivity contribution in [1.82, 2.24) is 19.7 Å². The minimum absolute atomic E-state index is 0.289. The third kappa shape index (κ3) is 3.57. The summed E-state index contributed by atoms with van der Waals surface area (Å²) in [5.74, 6) is -0.289. The van der Waals surface area contributed by atoms with Crippen LogP contribution < -0.4 is 0 Å². The molecule has 0 radical (unpaired) electrons. The van der Waals surface area contributed by atoms with Gasteiger partial charge in [0.05, 0.1) is 18.9 Å². The van der Waals surface area contributed by atoms with Gasteiger partial charge in [-0.15, -0.1) is 0 Å². The molecule has 2 atom stereocenters. The quantitative estimate of drug-likeness (QED) is 0.839. The molecule has 0 aliphatic carbocycles. The highest BCUT2D eigenvalue weighted by atomic mass is 16.5. The van der Waals surface area contributed by atoms with Crippen molar-refractivity contribution in [2.45, 2.75) is 31.5 Å². The molecule has 0 bridgehead atoms. The molecule has 7 heteroatoms. The molecule has 122 valence electrons. The number of aliphatic hydroxyl groups is 1. The number of ether oxygens (including phenoxy) is 1. The van der Waals surface area contributed by atoms with Gasteiger partial charge in [-0.2, -0.15) is 5.10 Å². The van der Waals surface area contributed by atoms with E-state index in [2.05, 4.69) is 15.0 Å². The van der Waals surface area contributed by atoms with Crippen molar-refractivity contribution >= 4 is 5.97 Å². The number of aromatic nitrogens is 3. The lowest BCUT2D eigenvalue weighted by molar-refractivity contribution is -0.150. The Kier molecular flexibility index (Phi) is 4.68. The second kappa shape index (κ2) is 6.89. The summed E-state index contributed by atoms with van der Waals surface area (Å²) in [6.45, 7) is 1.32. The highest BCUT2D eigenvalue weighted by Crippen LogP contribution is 2.21. The van der Waals surface area contributed by atoms with E-state index in [-0.39, 0.29) is 5.97 Å². The van der Waals surface area contributed by atoms with E-state index in [1.54, 1.807) is 11.0 Å². The van der Waals surface area contributed by atoms with Crippen LogP contribution in [0.4, 0.5) is 0 Å². The number of hydrogen-bond acceptors (Lipinski definition) is 6. The van der Waals surface area contributed by atoms with Gasteiger partial charge in [-0.05, 0) is 30.5 Å². The molecule has 1 saturated heterocycles. The Bertz CT molecular complexity index is 642. The van der Waals surface area contributed by atoms with Gasteiger partial charge in [-0.25, -0.2) is 9.67 Å². The standard InChI is InChI=1S/C16H20N4O3/c1-23-16(22)15-8-14(21)6-7-19(15)9-12-2-4-13(5-3-12)20-11-17-10-18-20/h2-5,10-11,14-15,21H,6-9H2,1H3/t14-,15+/m1/s1. The van der Waals surface area contributed by atoms with Gasteiger partial charge in [0, 0.05) is 13.1 Å². The molecule has 1 aromatic carbocycles. The van der Waals surface area contributed by atoms with Crippen LogP contribution in [-0.4, -0.2) is 56.5 Å². The van der Waals surface area contributed by atoms with Gasteiger partial charge in [0.2, 0.25) is 0 Å². The maximum Gasteiger partial charge on any atom is 0.323 e. The summed E-state index contributed by atoms with van der Waals surface area (Å²) in [4.78, 5) is 17.9. The highest BCUT2D eigenvalue weighted by molar-refractivity contribution is 5.75. The van der Waals surface area contributed by atoms with Crippen LogP contribution in [0.15, 0.2) is 36.9 Å². The van der Waals surface area contributed by atoms with E-state index >= 15 is 0 Å². The lowest BCUT2D eigenvalue weighted by Gasteiger charge is -2.36. The molecule has 0 unspecified atom stereocenters. The van der Waals surface area contributed by atoms with Gasteiger partial charge in [-0.1, -0.05) is 12.1 Å². The zero-order valence-electron chi connectivity index (χ0n) is 13.0. The number of likely N-dealkylation sites (tertiary alicyclic amines) is 1. The van der Waals surface area contributed by atoms with E-state index in [1.165, 1.54) is 13.4 Å². The van der Waals surface area contributed by atoms with E-state index in [1.807, 2.05) is 24.3 Å². The lowest BCUT2D eigenvalue weighted by Crippen LogP contribution is -2.48. The third-order valence-corrected chi connectivity index (χ3v) is 4.16. The molecule has 1 aliphatic rings. The lowest BCUT2D eigenvalue weighted by atomic mass is 9.98. The SMILES string of the molecule is COC(=O)[C@@H]1C[C@H](O)CCN1Cc1ccc(-n2cncn2)cc1. The Labute approximate surface area is 134 Å². The number of rotatable bonds is 4. The van der Waals surface area contributed by atoms with Crippen molar-refractivity contribution in [3.05, 3.63) is 42.5 Å². The van der Waals surface area contributed by atoms with Crippen LogP contribution in [-0.2, 0) is 16.1 Å². The summed E-state index contributed by atoms with van der Waals surface area (Å²) in [7, 11) is 1.38. The minimum Gasteiger partial charge on any atom is -0.468 e. The molecular formula is C16H20N4O3. The van der Waals surface area contributed by atoms with Crippen molar-refractivity contribution < 1.29 is 14.6 Å². The van der Waals surface area contributed by atoms with Crippen LogP contribution >= 0.6 is 0 Å². The predicted molar refractivity (Wildman–Crippen MR) is 82.8 cm³/mol. The molecule has 7 nitrogen and oxygen atoms in total. The smallest absolute Gasteiger partial charge is 0.323 e. The van der Waals surface area contributed by atoms with E-state index in [0.717, 1.165) is 11.3 Å². The zero-order chi connectivity index (χ0) is 16.2. The second-order valence-corrected chi connectivity index (χ2v) is 5.69. The number of carbonyl (C=O) groups excluding carboxylic acids is 1. The average molecular weight is 316 g/mol. The third-order valence-electron chi connectivity index (χ3n) is 4.16. The molecule has 1 aromatic heterocycles. The summed E-state index contributed by atoms with van der Waals surface area (Å²) in [6, 6.07) is 7.57. The van der Waals surface area contributed by atoms with Crippen LogP contribution in [0, 0.1) is 0 Å². The summed E-state index contributed by atoms with van der Waals surface area (Å²) in [5.41, 5.74) is 2.03. The normalized spacial score (nSPS) is 22.0. The Balaban J connectivity index is 1.71. The van der Waals surface area contributed by atoms with Crippen molar-refractivity contribution in [1.29, 1.82) is 0 Å².